The van der Waals surface area contributed by atoms with E-state index < -0.39 is 0 Å². The Balaban J connectivity index is 1.66. The van der Waals surface area contributed by atoms with Gasteiger partial charge in [0.25, 0.3) is 0 Å². The van der Waals surface area contributed by atoms with E-state index >= 15 is 0 Å². The summed E-state index contributed by atoms with van der Waals surface area (Å²) in [5.74, 6) is -0.229. The number of carbonyl (C=O) groups is 1. The monoisotopic (exact) mass is 380 g/mol. The minimum absolute atomic E-state index is 0.229. The number of esters is 1. The predicted molar refractivity (Wildman–Crippen MR) is 117 cm³/mol. The number of hydrogen-bond acceptors (Lipinski definition) is 2. The number of benzene rings is 1. The largest absolute Gasteiger partial charge is 0.462 e. The van der Waals surface area contributed by atoms with Crippen molar-refractivity contribution in [2.24, 2.45) is 16.2 Å². The maximum Gasteiger partial charge on any atom is 0.338 e. The minimum atomic E-state index is -0.229. The molecular weight excluding hydrogens is 344 g/mol. The van der Waals surface area contributed by atoms with Gasteiger partial charge < -0.3 is 4.74 Å². The zero-order valence-electron chi connectivity index (χ0n) is 18.3. The molecule has 2 aliphatic carbocycles. The first-order chi connectivity index (χ1) is 13.2. The lowest BCUT2D eigenvalue weighted by Gasteiger charge is -2.41. The third-order valence-corrected chi connectivity index (χ3v) is 7.26. The molecule has 2 aliphatic rings. The van der Waals surface area contributed by atoms with Gasteiger partial charge >= 0.3 is 5.97 Å². The van der Waals surface area contributed by atoms with Crippen molar-refractivity contribution in [2.45, 2.75) is 73.1 Å². The molecule has 2 nitrogen and oxygen atoms in total. The molecule has 2 saturated carbocycles. The Bertz CT molecular complexity index is 768. The van der Waals surface area contributed by atoms with Crippen LogP contribution in [0.4, 0.5) is 0 Å². The molecule has 0 heterocycles. The van der Waals surface area contributed by atoms with Gasteiger partial charge in [-0.15, -0.1) is 0 Å². The van der Waals surface area contributed by atoms with Gasteiger partial charge in [0.2, 0.25) is 0 Å². The number of hydrogen-bond donors (Lipinski definition) is 0. The lowest BCUT2D eigenvalue weighted by Crippen LogP contribution is -2.32. The Kier molecular flexibility index (Phi) is 5.89. The van der Waals surface area contributed by atoms with Crippen LogP contribution in [-0.4, -0.2) is 12.6 Å². The van der Waals surface area contributed by atoms with E-state index in [4.69, 9.17) is 4.74 Å². The standard InChI is InChI=1S/C26H36O2/c1-6-7-17-28-23(27)22-11-9-21(10-12-22)18-20(2)13-16-26-19-25(26,5)15-8-14-24(26,3)4/h9-13,16,18H,6-8,14-15,17,19H2,1-5H3/b16-13?,20-18+. The van der Waals surface area contributed by atoms with Crippen LogP contribution in [0.2, 0.25) is 0 Å². The first kappa shape index (κ1) is 20.9. The number of unbranched alkanes of at least 4 members (excludes halogenated alkanes) is 1. The van der Waals surface area contributed by atoms with Gasteiger partial charge in [-0.05, 0) is 66.5 Å². The highest BCUT2D eigenvalue weighted by molar-refractivity contribution is 5.89. The SMILES string of the molecule is CCCCOC(=O)c1ccc(/C=C(\C)C=CC23CC2(C)CCCC3(C)C)cc1. The highest BCUT2D eigenvalue weighted by Gasteiger charge is 2.69. The Morgan fingerprint density at radius 1 is 1.14 bits per heavy atom. The summed E-state index contributed by atoms with van der Waals surface area (Å²) in [6, 6.07) is 7.71. The number of fused-ring (bicyclic) bond motifs is 1. The van der Waals surface area contributed by atoms with Gasteiger partial charge in [-0.25, -0.2) is 4.79 Å². The van der Waals surface area contributed by atoms with Crippen molar-refractivity contribution in [3.05, 3.63) is 53.1 Å². The van der Waals surface area contributed by atoms with E-state index in [0.29, 0.717) is 28.4 Å². The van der Waals surface area contributed by atoms with Crippen molar-refractivity contribution in [2.75, 3.05) is 6.61 Å². The van der Waals surface area contributed by atoms with E-state index in [1.54, 1.807) is 0 Å². The van der Waals surface area contributed by atoms with Crippen LogP contribution in [0.5, 0.6) is 0 Å². The maximum absolute atomic E-state index is 12.0. The quantitative estimate of drug-likeness (QED) is 0.284. The van der Waals surface area contributed by atoms with Crippen molar-refractivity contribution < 1.29 is 9.53 Å². The van der Waals surface area contributed by atoms with Crippen molar-refractivity contribution in [3.8, 4) is 0 Å². The van der Waals surface area contributed by atoms with Crippen molar-refractivity contribution in [3.63, 3.8) is 0 Å². The molecule has 152 valence electrons. The molecule has 0 spiro atoms. The molecule has 2 atom stereocenters. The maximum atomic E-state index is 12.0. The summed E-state index contributed by atoms with van der Waals surface area (Å²) in [5.41, 5.74) is 4.23. The Morgan fingerprint density at radius 3 is 2.50 bits per heavy atom. The summed E-state index contributed by atoms with van der Waals surface area (Å²) < 4.78 is 5.27. The molecule has 0 bridgehead atoms. The minimum Gasteiger partial charge on any atom is -0.462 e. The summed E-state index contributed by atoms with van der Waals surface area (Å²) in [6.45, 7) is 12.1. The highest BCUT2D eigenvalue weighted by Crippen LogP contribution is 2.78. The molecule has 2 heteroatoms. The molecule has 0 radical (unpaired) electrons. The lowest BCUT2D eigenvalue weighted by molar-refractivity contribution is 0.0499. The second-order valence-corrected chi connectivity index (χ2v) is 9.78. The molecule has 1 aromatic rings. The molecule has 0 N–H and O–H groups in total. The van der Waals surface area contributed by atoms with E-state index in [1.165, 1.54) is 31.3 Å². The molecule has 28 heavy (non-hydrogen) atoms. The van der Waals surface area contributed by atoms with Crippen LogP contribution in [0.15, 0.2) is 42.0 Å². The highest BCUT2D eigenvalue weighted by atomic mass is 16.5. The summed E-state index contributed by atoms with van der Waals surface area (Å²) in [5, 5.41) is 0. The van der Waals surface area contributed by atoms with E-state index in [1.807, 2.05) is 24.3 Å². The Morgan fingerprint density at radius 2 is 1.86 bits per heavy atom. The average Bonchev–Trinajstić information content (AvgIpc) is 3.28. The fourth-order valence-corrected chi connectivity index (χ4v) is 5.26. The van der Waals surface area contributed by atoms with E-state index in [2.05, 4.69) is 52.8 Å². The van der Waals surface area contributed by atoms with Gasteiger partial charge in [0.05, 0.1) is 12.2 Å². The van der Waals surface area contributed by atoms with Gasteiger partial charge in [-0.2, -0.15) is 0 Å². The molecular formula is C26H36O2. The van der Waals surface area contributed by atoms with Gasteiger partial charge in [0, 0.05) is 0 Å². The molecule has 0 saturated heterocycles. The molecule has 1 aromatic carbocycles. The van der Waals surface area contributed by atoms with Crippen LogP contribution < -0.4 is 0 Å². The van der Waals surface area contributed by atoms with Crippen LogP contribution in [0.3, 0.4) is 0 Å². The number of carbonyl (C=O) groups excluding carboxylic acids is 1. The smallest absolute Gasteiger partial charge is 0.338 e. The summed E-state index contributed by atoms with van der Waals surface area (Å²) in [6.07, 6.45) is 14.3. The summed E-state index contributed by atoms with van der Waals surface area (Å²) in [7, 11) is 0. The lowest BCUT2D eigenvalue weighted by atomic mass is 9.63. The Labute approximate surface area is 171 Å². The molecule has 2 fully saturated rings. The van der Waals surface area contributed by atoms with E-state index in [-0.39, 0.29) is 5.97 Å². The van der Waals surface area contributed by atoms with Gasteiger partial charge in [-0.1, -0.05) is 76.5 Å². The number of rotatable bonds is 7. The molecule has 0 aliphatic heterocycles. The third-order valence-electron chi connectivity index (χ3n) is 7.26. The first-order valence-electron chi connectivity index (χ1n) is 10.9. The van der Waals surface area contributed by atoms with Crippen LogP contribution in [0.25, 0.3) is 6.08 Å². The van der Waals surface area contributed by atoms with E-state index in [0.717, 1.165) is 18.4 Å². The first-order valence-corrected chi connectivity index (χ1v) is 10.9. The van der Waals surface area contributed by atoms with Crippen LogP contribution >= 0.6 is 0 Å². The second kappa shape index (κ2) is 7.89. The topological polar surface area (TPSA) is 26.3 Å². The number of ether oxygens (including phenoxy) is 1. The van der Waals surface area contributed by atoms with Gasteiger partial charge in [0.15, 0.2) is 0 Å². The average molecular weight is 381 g/mol. The molecule has 2 unspecified atom stereocenters. The zero-order chi connectivity index (χ0) is 20.4. The fraction of sp³-hybridized carbons (Fsp3) is 0.577. The zero-order valence-corrected chi connectivity index (χ0v) is 18.3. The van der Waals surface area contributed by atoms with Crippen LogP contribution in [-0.2, 0) is 4.74 Å². The normalized spacial score (nSPS) is 28.8. The Hall–Kier alpha value is -1.83. The van der Waals surface area contributed by atoms with Crippen LogP contribution in [0, 0.1) is 16.2 Å². The second-order valence-electron chi connectivity index (χ2n) is 9.78. The molecule has 3 rings (SSSR count). The van der Waals surface area contributed by atoms with Crippen molar-refractivity contribution >= 4 is 12.0 Å². The van der Waals surface area contributed by atoms with Crippen molar-refractivity contribution in [1.82, 2.24) is 0 Å². The van der Waals surface area contributed by atoms with E-state index in [9.17, 15) is 4.79 Å². The van der Waals surface area contributed by atoms with Crippen LogP contribution in [0.1, 0.15) is 89.1 Å². The van der Waals surface area contributed by atoms with Gasteiger partial charge in [0.1, 0.15) is 0 Å². The molecule has 0 amide bonds. The third kappa shape index (κ3) is 3.97. The predicted octanol–water partition coefficient (Wildman–Crippen LogP) is 7.21. The molecule has 0 aromatic heterocycles. The fourth-order valence-electron chi connectivity index (χ4n) is 5.26. The summed E-state index contributed by atoms with van der Waals surface area (Å²) in [4.78, 5) is 12.0. The van der Waals surface area contributed by atoms with Crippen molar-refractivity contribution in [1.29, 1.82) is 0 Å². The number of allylic oxidation sites excluding steroid dienone is 3. The van der Waals surface area contributed by atoms with Gasteiger partial charge in [-0.3, -0.25) is 0 Å². The summed E-state index contributed by atoms with van der Waals surface area (Å²) >= 11 is 0.